The summed E-state index contributed by atoms with van der Waals surface area (Å²) >= 11 is 0. The fourth-order valence-electron chi connectivity index (χ4n) is 0. The van der Waals surface area contributed by atoms with Crippen LogP contribution in [0.15, 0.2) is 0 Å². The fourth-order valence-corrected chi connectivity index (χ4v) is 0. The van der Waals surface area contributed by atoms with Gasteiger partial charge in [-0.2, -0.15) is 8.42 Å². The smallest absolute Gasteiger partial charge is 0.402 e. The molecule has 0 aliphatic heterocycles. The van der Waals surface area contributed by atoms with Gasteiger partial charge >= 0.3 is 17.6 Å². The van der Waals surface area contributed by atoms with Gasteiger partial charge in [0.25, 0.3) is 0 Å². The number of hydrogen-bond acceptors (Lipinski definition) is 5. The third kappa shape index (κ3) is 4660. The van der Waals surface area contributed by atoms with Crippen LogP contribution >= 0.6 is 0 Å². The van der Waals surface area contributed by atoms with Crippen molar-refractivity contribution in [2.75, 3.05) is 0 Å². The van der Waals surface area contributed by atoms with Crippen molar-refractivity contribution in [1.29, 1.82) is 0 Å². The van der Waals surface area contributed by atoms with Crippen molar-refractivity contribution < 1.29 is 44.5 Å². The minimum Gasteiger partial charge on any atom is -0.402 e. The zero-order valence-corrected chi connectivity index (χ0v) is 6.29. The summed E-state index contributed by atoms with van der Waals surface area (Å²) in [7, 11) is -6.33. The van der Waals surface area contributed by atoms with Crippen LogP contribution in [0.3, 0.4) is 0 Å². The average Bonchev–Trinajstić information content (AvgIpc) is 1.19. The minimum atomic E-state index is -4.17. The van der Waals surface area contributed by atoms with Gasteiger partial charge < -0.3 is 15.1 Å². The fraction of sp³-hybridized carbons (Fsp3) is 0. The second-order valence-corrected chi connectivity index (χ2v) is 1.89. The van der Waals surface area contributed by atoms with Crippen molar-refractivity contribution in [1.82, 2.24) is 0 Å². The van der Waals surface area contributed by atoms with Crippen LogP contribution < -0.4 is 5.14 Å². The Balaban J connectivity index is -0.0000000910. The average molecular weight is 218 g/mol. The molecule has 0 heterocycles. The van der Waals surface area contributed by atoms with Crippen LogP contribution in [0.2, 0.25) is 0 Å². The van der Waals surface area contributed by atoms with E-state index in [9.17, 15) is 0 Å². The summed E-state index contributed by atoms with van der Waals surface area (Å²) < 4.78 is 25.2. The van der Waals surface area contributed by atoms with Gasteiger partial charge in [0.1, 0.15) is 0 Å². The van der Waals surface area contributed by atoms with Crippen LogP contribution in [-0.2, 0) is 26.8 Å². The topological polar surface area (TPSA) is 141 Å². The van der Waals surface area contributed by atoms with E-state index in [1.54, 1.807) is 0 Å². The van der Waals surface area contributed by atoms with Gasteiger partial charge in [-0.25, -0.2) is 5.14 Å². The first-order chi connectivity index (χ1) is 3.73. The Morgan fingerprint density at radius 2 is 1.20 bits per heavy atom. The van der Waals surface area contributed by atoms with Gasteiger partial charge in [0.05, 0.1) is 0 Å². The molecule has 0 radical (unpaired) electrons. The molecular formula is H6BNNiO6S. The van der Waals surface area contributed by atoms with E-state index in [0.29, 0.717) is 0 Å². The molecular weight excluding hydrogens is 212 g/mol. The van der Waals surface area contributed by atoms with Gasteiger partial charge in [-0.3, -0.25) is 4.55 Å². The second kappa shape index (κ2) is 7.42. The third-order valence-electron chi connectivity index (χ3n) is 0. The monoisotopic (exact) mass is 217 g/mol. The molecule has 7 nitrogen and oxygen atoms in total. The summed E-state index contributed by atoms with van der Waals surface area (Å²) in [4.78, 5) is 0. The van der Waals surface area contributed by atoms with E-state index in [4.69, 9.17) is 28.0 Å². The number of rotatable bonds is 0. The van der Waals surface area contributed by atoms with E-state index in [2.05, 4.69) is 5.14 Å². The predicted octanol–water partition coefficient (Wildman–Crippen LogP) is -3.31. The Bertz CT molecular complexity index is 129. The molecule has 0 aliphatic rings. The first kappa shape index (κ1) is 16.7. The molecule has 0 amide bonds. The van der Waals surface area contributed by atoms with Gasteiger partial charge in [0.2, 0.25) is 0 Å². The molecule has 0 aromatic rings. The molecule has 0 fully saturated rings. The Morgan fingerprint density at radius 1 is 1.20 bits per heavy atom. The third-order valence-corrected chi connectivity index (χ3v) is 0. The summed E-state index contributed by atoms with van der Waals surface area (Å²) in [6.45, 7) is 0. The quantitative estimate of drug-likeness (QED) is 0.213. The standard InChI is InChI=1S/BH3O3.H3NO3S.Ni/c2-1(3)4;1-5(2,3)4;/h2-4H;(H3,1,2,3,4);. The van der Waals surface area contributed by atoms with Crippen molar-refractivity contribution in [2.45, 2.75) is 0 Å². The van der Waals surface area contributed by atoms with E-state index < -0.39 is 17.6 Å². The maximum absolute atomic E-state index is 8.97. The van der Waals surface area contributed by atoms with Gasteiger partial charge in [-0.05, 0) is 0 Å². The van der Waals surface area contributed by atoms with Crippen molar-refractivity contribution in [3.8, 4) is 0 Å². The SMILES string of the molecule is NS(=O)(=O)O.OB(O)O.[Ni]. The number of hydrogen-bond donors (Lipinski definition) is 5. The van der Waals surface area contributed by atoms with Crippen molar-refractivity contribution in [2.24, 2.45) is 5.14 Å². The molecule has 0 saturated carbocycles. The van der Waals surface area contributed by atoms with Crippen LogP contribution in [0.25, 0.3) is 0 Å². The number of nitrogens with two attached hydrogens (primary N) is 1. The Morgan fingerprint density at radius 3 is 1.20 bits per heavy atom. The minimum absolute atomic E-state index is 0. The van der Waals surface area contributed by atoms with E-state index in [1.807, 2.05) is 0 Å². The van der Waals surface area contributed by atoms with E-state index >= 15 is 0 Å². The maximum atomic E-state index is 8.97. The summed E-state index contributed by atoms with van der Waals surface area (Å²) in [6.07, 6.45) is 0. The molecule has 0 saturated heterocycles. The molecule has 66 valence electrons. The van der Waals surface area contributed by atoms with Gasteiger partial charge in [0, 0.05) is 16.5 Å². The largest absolute Gasteiger partial charge is 0.631 e. The Kier molecular flexibility index (Phi) is 12.4. The zero-order valence-electron chi connectivity index (χ0n) is 4.48. The second-order valence-electron chi connectivity index (χ2n) is 0.861. The molecule has 0 unspecified atom stereocenters. The summed E-state index contributed by atoms with van der Waals surface area (Å²) in [5.41, 5.74) is 0. The van der Waals surface area contributed by atoms with Crippen LogP contribution in [0.1, 0.15) is 0 Å². The van der Waals surface area contributed by atoms with E-state index in [-0.39, 0.29) is 16.5 Å². The van der Waals surface area contributed by atoms with Crippen LogP contribution in [0.4, 0.5) is 0 Å². The Hall–Kier alpha value is 0.308. The first-order valence-electron chi connectivity index (χ1n) is 1.53. The van der Waals surface area contributed by atoms with E-state index in [1.165, 1.54) is 0 Å². The van der Waals surface area contributed by atoms with Crippen LogP contribution in [-0.4, -0.2) is 35.4 Å². The molecule has 10 heavy (non-hydrogen) atoms. The molecule has 0 aliphatic carbocycles. The molecule has 0 atom stereocenters. The van der Waals surface area contributed by atoms with Crippen molar-refractivity contribution >= 4 is 17.6 Å². The Labute approximate surface area is 67.8 Å². The van der Waals surface area contributed by atoms with Gasteiger partial charge in [-0.1, -0.05) is 0 Å². The van der Waals surface area contributed by atoms with Crippen molar-refractivity contribution in [3.63, 3.8) is 0 Å². The molecule has 0 bridgehead atoms. The molecule has 0 aromatic heterocycles. The van der Waals surface area contributed by atoms with E-state index in [0.717, 1.165) is 0 Å². The first-order valence-corrected chi connectivity index (χ1v) is 3.03. The molecule has 0 rings (SSSR count). The predicted molar refractivity (Wildman–Crippen MR) is 28.1 cm³/mol. The van der Waals surface area contributed by atoms with Gasteiger partial charge in [-0.15, -0.1) is 0 Å². The van der Waals surface area contributed by atoms with Crippen LogP contribution in [0.5, 0.6) is 0 Å². The van der Waals surface area contributed by atoms with Crippen molar-refractivity contribution in [3.05, 3.63) is 0 Å². The summed E-state index contributed by atoms with van der Waals surface area (Å²) in [6, 6.07) is 0. The van der Waals surface area contributed by atoms with Crippen LogP contribution in [0, 0.1) is 0 Å². The maximum Gasteiger partial charge on any atom is 0.631 e. The van der Waals surface area contributed by atoms with Gasteiger partial charge in [0.15, 0.2) is 0 Å². The molecule has 10 heteroatoms. The normalized spacial score (nSPS) is 8.50. The zero-order chi connectivity index (χ0) is 8.08. The summed E-state index contributed by atoms with van der Waals surface area (Å²) in [5, 5.41) is 25.4. The molecule has 6 N–H and O–H groups in total. The molecule has 0 spiro atoms. The molecule has 0 aromatic carbocycles. The summed E-state index contributed by atoms with van der Waals surface area (Å²) in [5.74, 6) is 0.